The minimum atomic E-state index is -3.73. The summed E-state index contributed by atoms with van der Waals surface area (Å²) in [7, 11) is -3.73. The summed E-state index contributed by atoms with van der Waals surface area (Å²) in [6.07, 6.45) is 1.70. The summed E-state index contributed by atoms with van der Waals surface area (Å²) in [6, 6.07) is 10.6. The first-order valence-electron chi connectivity index (χ1n) is 8.24. The maximum atomic E-state index is 12.8. The number of benzene rings is 2. The SMILES string of the molecule is Cc1cc(C)c(S(=O)(=O)Nc2ccn(Cc3ccc(Cl)c(Cl)c3)n2)c(C)c1. The predicted molar refractivity (Wildman–Crippen MR) is 109 cm³/mol. The zero-order valence-corrected chi connectivity index (χ0v) is 17.5. The lowest BCUT2D eigenvalue weighted by molar-refractivity contribution is 0.599. The number of hydrogen-bond acceptors (Lipinski definition) is 3. The zero-order chi connectivity index (χ0) is 19.8. The van der Waals surface area contributed by atoms with Crippen LogP contribution < -0.4 is 4.72 Å². The fourth-order valence-corrected chi connectivity index (χ4v) is 4.88. The van der Waals surface area contributed by atoms with Crippen LogP contribution in [0.15, 0.2) is 47.5 Å². The van der Waals surface area contributed by atoms with Crippen molar-refractivity contribution in [1.82, 2.24) is 9.78 Å². The number of nitrogens with one attached hydrogen (secondary N) is 1. The van der Waals surface area contributed by atoms with E-state index in [-0.39, 0.29) is 10.7 Å². The predicted octanol–water partition coefficient (Wildman–Crippen LogP) is 4.96. The molecule has 0 aliphatic rings. The van der Waals surface area contributed by atoms with Crippen LogP contribution in [0.5, 0.6) is 0 Å². The Morgan fingerprint density at radius 3 is 2.30 bits per heavy atom. The number of anilines is 1. The highest BCUT2D eigenvalue weighted by Gasteiger charge is 2.21. The highest BCUT2D eigenvalue weighted by atomic mass is 35.5. The molecule has 3 rings (SSSR count). The van der Waals surface area contributed by atoms with E-state index < -0.39 is 10.0 Å². The molecule has 0 amide bonds. The van der Waals surface area contributed by atoms with Gasteiger partial charge in [-0.25, -0.2) is 8.42 Å². The lowest BCUT2D eigenvalue weighted by Crippen LogP contribution is -2.16. The van der Waals surface area contributed by atoms with Crippen LogP contribution in [0.25, 0.3) is 0 Å². The van der Waals surface area contributed by atoms with E-state index in [4.69, 9.17) is 23.2 Å². The smallest absolute Gasteiger partial charge is 0.263 e. The lowest BCUT2D eigenvalue weighted by atomic mass is 10.1. The summed E-state index contributed by atoms with van der Waals surface area (Å²) in [5, 5.41) is 5.25. The molecule has 1 aromatic heterocycles. The first-order valence-corrected chi connectivity index (χ1v) is 10.5. The topological polar surface area (TPSA) is 64.0 Å². The average Bonchev–Trinajstić information content (AvgIpc) is 2.95. The molecule has 0 radical (unpaired) electrons. The second kappa shape index (κ2) is 7.54. The van der Waals surface area contributed by atoms with E-state index in [9.17, 15) is 8.42 Å². The molecule has 0 aliphatic carbocycles. The zero-order valence-electron chi connectivity index (χ0n) is 15.1. The number of hydrogen-bond donors (Lipinski definition) is 1. The fraction of sp³-hybridized carbons (Fsp3) is 0.211. The average molecular weight is 424 g/mol. The molecule has 0 saturated carbocycles. The van der Waals surface area contributed by atoms with Crippen LogP contribution in [-0.4, -0.2) is 18.2 Å². The molecule has 0 bridgehead atoms. The van der Waals surface area contributed by atoms with E-state index in [0.29, 0.717) is 27.7 Å². The largest absolute Gasteiger partial charge is 0.266 e. The van der Waals surface area contributed by atoms with Gasteiger partial charge in [-0.3, -0.25) is 9.40 Å². The first-order chi connectivity index (χ1) is 12.7. The first kappa shape index (κ1) is 19.7. The molecular formula is C19H19Cl2N3O2S. The molecular weight excluding hydrogens is 405 g/mol. The number of halogens is 2. The van der Waals surface area contributed by atoms with Gasteiger partial charge in [0.15, 0.2) is 5.82 Å². The minimum absolute atomic E-state index is 0.259. The van der Waals surface area contributed by atoms with Crippen LogP contribution in [0.2, 0.25) is 10.0 Å². The summed E-state index contributed by atoms with van der Waals surface area (Å²) in [4.78, 5) is 0.284. The van der Waals surface area contributed by atoms with Crippen molar-refractivity contribution in [2.75, 3.05) is 4.72 Å². The number of aryl methyl sites for hydroxylation is 3. The summed E-state index contributed by atoms with van der Waals surface area (Å²) in [5.74, 6) is 0.259. The van der Waals surface area contributed by atoms with Crippen LogP contribution in [0.1, 0.15) is 22.3 Å². The molecule has 0 atom stereocenters. The molecule has 2 aromatic carbocycles. The van der Waals surface area contributed by atoms with Crippen LogP contribution in [0, 0.1) is 20.8 Å². The second-order valence-electron chi connectivity index (χ2n) is 6.48. The van der Waals surface area contributed by atoms with Crippen molar-refractivity contribution in [3.63, 3.8) is 0 Å². The summed E-state index contributed by atoms with van der Waals surface area (Å²) in [5.41, 5.74) is 3.34. The maximum Gasteiger partial charge on any atom is 0.263 e. The summed E-state index contributed by atoms with van der Waals surface area (Å²) >= 11 is 12.0. The van der Waals surface area contributed by atoms with E-state index in [1.807, 2.05) is 25.1 Å². The molecule has 0 saturated heterocycles. The molecule has 0 spiro atoms. The Bertz CT molecular complexity index is 1080. The van der Waals surface area contributed by atoms with Crippen LogP contribution in [0.3, 0.4) is 0 Å². The molecule has 5 nitrogen and oxygen atoms in total. The Kier molecular flexibility index (Phi) is 5.51. The van der Waals surface area contributed by atoms with Crippen molar-refractivity contribution in [2.45, 2.75) is 32.2 Å². The van der Waals surface area contributed by atoms with Gasteiger partial charge >= 0.3 is 0 Å². The van der Waals surface area contributed by atoms with Gasteiger partial charge in [0.1, 0.15) is 0 Å². The third kappa shape index (κ3) is 4.46. The molecule has 1 N–H and O–H groups in total. The van der Waals surface area contributed by atoms with Gasteiger partial charge in [0, 0.05) is 12.3 Å². The van der Waals surface area contributed by atoms with E-state index in [1.165, 1.54) is 0 Å². The normalized spacial score (nSPS) is 11.6. The molecule has 0 aliphatic heterocycles. The Morgan fingerprint density at radius 2 is 1.67 bits per heavy atom. The molecule has 8 heteroatoms. The van der Waals surface area contributed by atoms with Crippen LogP contribution >= 0.6 is 23.2 Å². The third-order valence-corrected chi connectivity index (χ3v) is 6.48. The van der Waals surface area contributed by atoms with Crippen molar-refractivity contribution >= 4 is 39.0 Å². The molecule has 0 unspecified atom stereocenters. The minimum Gasteiger partial charge on any atom is -0.266 e. The Morgan fingerprint density at radius 1 is 1.00 bits per heavy atom. The number of rotatable bonds is 5. The third-order valence-electron chi connectivity index (χ3n) is 4.08. The molecule has 1 heterocycles. The van der Waals surface area contributed by atoms with Crippen LogP contribution in [-0.2, 0) is 16.6 Å². The van der Waals surface area contributed by atoms with Gasteiger partial charge in [0.25, 0.3) is 10.0 Å². The molecule has 0 fully saturated rings. The van der Waals surface area contributed by atoms with Crippen molar-refractivity contribution < 1.29 is 8.42 Å². The van der Waals surface area contributed by atoms with Crippen molar-refractivity contribution in [3.8, 4) is 0 Å². The standard InChI is InChI=1S/C19H19Cl2N3O2S/c1-12-8-13(2)19(14(3)9-12)27(25,26)23-18-6-7-24(22-18)11-15-4-5-16(20)17(21)10-15/h4-10H,11H2,1-3H3,(H,22,23). The lowest BCUT2D eigenvalue weighted by Gasteiger charge is -2.12. The monoisotopic (exact) mass is 423 g/mol. The Labute approximate surface area is 169 Å². The van der Waals surface area contributed by atoms with Crippen LogP contribution in [0.4, 0.5) is 5.82 Å². The van der Waals surface area contributed by atoms with E-state index in [2.05, 4.69) is 9.82 Å². The highest BCUT2D eigenvalue weighted by molar-refractivity contribution is 7.92. The summed E-state index contributed by atoms with van der Waals surface area (Å²) < 4.78 is 29.8. The fourth-order valence-electron chi connectivity index (χ4n) is 3.11. The highest BCUT2D eigenvalue weighted by Crippen LogP contribution is 2.25. The molecule has 27 heavy (non-hydrogen) atoms. The van der Waals surface area contributed by atoms with E-state index >= 15 is 0 Å². The number of sulfonamides is 1. The number of nitrogens with zero attached hydrogens (tertiary/aromatic N) is 2. The maximum absolute atomic E-state index is 12.8. The van der Waals surface area contributed by atoms with E-state index in [1.54, 1.807) is 42.9 Å². The van der Waals surface area contributed by atoms with Crippen molar-refractivity contribution in [1.29, 1.82) is 0 Å². The second-order valence-corrected chi connectivity index (χ2v) is 8.91. The van der Waals surface area contributed by atoms with Gasteiger partial charge in [0.2, 0.25) is 0 Å². The van der Waals surface area contributed by atoms with Gasteiger partial charge in [0.05, 0.1) is 21.5 Å². The Hall–Kier alpha value is -2.02. The number of aromatic nitrogens is 2. The van der Waals surface area contributed by atoms with Gasteiger partial charge in [-0.2, -0.15) is 5.10 Å². The van der Waals surface area contributed by atoms with Gasteiger partial charge in [-0.1, -0.05) is 47.0 Å². The molecule has 142 valence electrons. The quantitative estimate of drug-likeness (QED) is 0.630. The molecule has 3 aromatic rings. The van der Waals surface area contributed by atoms with Gasteiger partial charge in [-0.05, 0) is 49.6 Å². The van der Waals surface area contributed by atoms with Crippen molar-refractivity contribution in [2.24, 2.45) is 0 Å². The summed E-state index contributed by atoms with van der Waals surface area (Å²) in [6.45, 7) is 5.96. The Balaban J connectivity index is 1.82. The van der Waals surface area contributed by atoms with Gasteiger partial charge < -0.3 is 0 Å². The van der Waals surface area contributed by atoms with E-state index in [0.717, 1.165) is 11.1 Å². The van der Waals surface area contributed by atoms with Gasteiger partial charge in [-0.15, -0.1) is 0 Å². The van der Waals surface area contributed by atoms with Crippen molar-refractivity contribution in [3.05, 3.63) is 74.9 Å².